The van der Waals surface area contributed by atoms with Gasteiger partial charge in [0.15, 0.2) is 0 Å². The predicted molar refractivity (Wildman–Crippen MR) is 72.8 cm³/mol. The van der Waals surface area contributed by atoms with Crippen molar-refractivity contribution in [2.75, 3.05) is 13.1 Å². The highest BCUT2D eigenvalue weighted by Gasteiger charge is 2.20. The molecule has 3 heteroatoms. The normalized spacial score (nSPS) is 19.3. The van der Waals surface area contributed by atoms with Gasteiger partial charge in [-0.05, 0) is 18.4 Å². The molecule has 2 rings (SSSR count). The maximum Gasteiger partial charge on any atom is 0.209 e. The van der Waals surface area contributed by atoms with E-state index in [1.54, 1.807) is 0 Å². The van der Waals surface area contributed by atoms with E-state index in [4.69, 9.17) is 0 Å². The Kier molecular flexibility index (Phi) is 4.40. The minimum absolute atomic E-state index is 0.382. The third kappa shape index (κ3) is 3.36. The third-order valence-corrected chi connectivity index (χ3v) is 3.46. The Morgan fingerprint density at radius 1 is 1.44 bits per heavy atom. The van der Waals surface area contributed by atoms with Crippen LogP contribution in [0, 0.1) is 5.92 Å². The minimum atomic E-state index is 0.382. The molecule has 1 aromatic rings. The number of carbonyl (C=O) groups is 1. The number of rotatable bonds is 5. The number of hydrogen-bond donors (Lipinski definition) is 1. The summed E-state index contributed by atoms with van der Waals surface area (Å²) < 4.78 is 0. The third-order valence-electron chi connectivity index (χ3n) is 3.46. The summed E-state index contributed by atoms with van der Waals surface area (Å²) in [6.45, 7) is 6.59. The molecule has 1 fully saturated rings. The van der Waals surface area contributed by atoms with Gasteiger partial charge in [0.1, 0.15) is 0 Å². The van der Waals surface area contributed by atoms with Crippen molar-refractivity contribution in [3.8, 4) is 0 Å². The van der Waals surface area contributed by atoms with E-state index >= 15 is 0 Å². The molecule has 0 aliphatic carbocycles. The molecular weight excluding hydrogens is 224 g/mol. The molecule has 1 atom stereocenters. The molecule has 1 amide bonds. The Balaban J connectivity index is 1.82. The zero-order chi connectivity index (χ0) is 12.8. The highest BCUT2D eigenvalue weighted by molar-refractivity contribution is 5.47. The fraction of sp³-hybridized carbons (Fsp3) is 0.400. The van der Waals surface area contributed by atoms with Crippen molar-refractivity contribution >= 4 is 6.41 Å². The predicted octanol–water partition coefficient (Wildman–Crippen LogP) is 2.16. The Hall–Kier alpha value is -1.77. The Morgan fingerprint density at radius 3 is 2.94 bits per heavy atom. The second-order valence-electron chi connectivity index (χ2n) is 4.80. The van der Waals surface area contributed by atoms with Gasteiger partial charge < -0.3 is 10.2 Å². The molecule has 1 aliphatic rings. The second-order valence-corrected chi connectivity index (χ2v) is 4.80. The number of hydrogen-bond acceptors (Lipinski definition) is 2. The van der Waals surface area contributed by atoms with Crippen LogP contribution in [0.4, 0.5) is 0 Å². The lowest BCUT2D eigenvalue weighted by atomic mass is 9.95. The molecule has 0 saturated carbocycles. The van der Waals surface area contributed by atoms with E-state index in [1.165, 1.54) is 5.56 Å². The zero-order valence-electron chi connectivity index (χ0n) is 10.6. The molecule has 1 unspecified atom stereocenters. The number of benzene rings is 1. The summed E-state index contributed by atoms with van der Waals surface area (Å²) in [7, 11) is 0. The molecule has 1 N–H and O–H groups in total. The largest absolute Gasteiger partial charge is 0.384 e. The number of likely N-dealkylation sites (tertiary alicyclic amines) is 1. The molecule has 0 aromatic heterocycles. The van der Waals surface area contributed by atoms with Gasteiger partial charge in [0.25, 0.3) is 0 Å². The fourth-order valence-corrected chi connectivity index (χ4v) is 2.34. The van der Waals surface area contributed by atoms with E-state index in [2.05, 4.69) is 24.0 Å². The number of nitrogens with one attached hydrogen (secondary N) is 1. The van der Waals surface area contributed by atoms with E-state index in [-0.39, 0.29) is 0 Å². The van der Waals surface area contributed by atoms with Gasteiger partial charge >= 0.3 is 0 Å². The van der Waals surface area contributed by atoms with E-state index < -0.39 is 0 Å². The van der Waals surface area contributed by atoms with Crippen LogP contribution < -0.4 is 5.32 Å². The van der Waals surface area contributed by atoms with Crippen molar-refractivity contribution in [3.05, 3.63) is 48.2 Å². The number of nitrogens with zero attached hydrogens (tertiary/aromatic N) is 1. The molecule has 1 aromatic carbocycles. The van der Waals surface area contributed by atoms with Gasteiger partial charge in [-0.15, -0.1) is 0 Å². The standard InChI is InChI=1S/C15H20N2O/c1-13(15-8-5-9-17(11-15)12-18)16-10-14-6-3-2-4-7-14/h2-4,6-7,12,15-16H,1,5,8-11H2. The fourth-order valence-electron chi connectivity index (χ4n) is 2.34. The summed E-state index contributed by atoms with van der Waals surface area (Å²) in [4.78, 5) is 12.6. The van der Waals surface area contributed by atoms with Gasteiger partial charge in [-0.25, -0.2) is 0 Å². The Morgan fingerprint density at radius 2 is 2.22 bits per heavy atom. The van der Waals surface area contributed by atoms with Crippen molar-refractivity contribution in [2.24, 2.45) is 5.92 Å². The summed E-state index contributed by atoms with van der Waals surface area (Å²) in [5.74, 6) is 0.382. The molecule has 3 nitrogen and oxygen atoms in total. The van der Waals surface area contributed by atoms with E-state index in [1.807, 2.05) is 23.1 Å². The molecule has 1 aliphatic heterocycles. The van der Waals surface area contributed by atoms with Crippen molar-refractivity contribution in [2.45, 2.75) is 19.4 Å². The SMILES string of the molecule is C=C(NCc1ccccc1)C1CCCN(C=O)C1. The first-order valence-corrected chi connectivity index (χ1v) is 6.45. The quantitative estimate of drug-likeness (QED) is 0.805. The van der Waals surface area contributed by atoms with Crippen LogP contribution in [0.3, 0.4) is 0 Å². The molecule has 1 heterocycles. The topological polar surface area (TPSA) is 32.3 Å². The molecule has 18 heavy (non-hydrogen) atoms. The van der Waals surface area contributed by atoms with Crippen LogP contribution in [0.25, 0.3) is 0 Å². The summed E-state index contributed by atoms with van der Waals surface area (Å²) in [6, 6.07) is 10.3. The highest BCUT2D eigenvalue weighted by Crippen LogP contribution is 2.20. The van der Waals surface area contributed by atoms with E-state index in [9.17, 15) is 4.79 Å². The summed E-state index contributed by atoms with van der Waals surface area (Å²) >= 11 is 0. The lowest BCUT2D eigenvalue weighted by Gasteiger charge is -2.31. The van der Waals surface area contributed by atoms with Crippen LogP contribution >= 0.6 is 0 Å². The van der Waals surface area contributed by atoms with Gasteiger partial charge in [-0.2, -0.15) is 0 Å². The summed E-state index contributed by atoms with van der Waals surface area (Å²) in [5.41, 5.74) is 2.30. The molecule has 1 saturated heterocycles. The van der Waals surface area contributed by atoms with Crippen LogP contribution in [-0.2, 0) is 11.3 Å². The summed E-state index contributed by atoms with van der Waals surface area (Å²) in [5, 5.41) is 3.38. The maximum absolute atomic E-state index is 10.8. The minimum Gasteiger partial charge on any atom is -0.384 e. The van der Waals surface area contributed by atoms with Crippen molar-refractivity contribution < 1.29 is 4.79 Å². The molecule has 0 bridgehead atoms. The van der Waals surface area contributed by atoms with Crippen LogP contribution in [0.15, 0.2) is 42.6 Å². The second kappa shape index (κ2) is 6.24. The van der Waals surface area contributed by atoms with E-state index in [0.717, 1.165) is 44.6 Å². The van der Waals surface area contributed by atoms with Crippen LogP contribution in [0.2, 0.25) is 0 Å². The maximum atomic E-state index is 10.8. The smallest absolute Gasteiger partial charge is 0.209 e. The molecule has 96 valence electrons. The van der Waals surface area contributed by atoms with Crippen LogP contribution in [0.1, 0.15) is 18.4 Å². The number of amides is 1. The molecular formula is C15H20N2O. The van der Waals surface area contributed by atoms with Gasteiger partial charge in [-0.1, -0.05) is 36.9 Å². The Labute approximate surface area is 108 Å². The van der Waals surface area contributed by atoms with E-state index in [0.29, 0.717) is 5.92 Å². The first-order chi connectivity index (χ1) is 8.79. The van der Waals surface area contributed by atoms with Gasteiger partial charge in [0.2, 0.25) is 6.41 Å². The highest BCUT2D eigenvalue weighted by atomic mass is 16.1. The summed E-state index contributed by atoms with van der Waals surface area (Å²) in [6.07, 6.45) is 3.12. The van der Waals surface area contributed by atoms with Crippen molar-refractivity contribution in [1.29, 1.82) is 0 Å². The van der Waals surface area contributed by atoms with Crippen LogP contribution in [-0.4, -0.2) is 24.4 Å². The number of piperidine rings is 1. The first-order valence-electron chi connectivity index (χ1n) is 6.45. The lowest BCUT2D eigenvalue weighted by molar-refractivity contribution is -0.119. The van der Waals surface area contributed by atoms with Gasteiger partial charge in [0.05, 0.1) is 0 Å². The average Bonchev–Trinajstić information content (AvgIpc) is 2.46. The number of carbonyl (C=O) groups excluding carboxylic acids is 1. The molecule has 0 spiro atoms. The Bertz CT molecular complexity index is 402. The van der Waals surface area contributed by atoms with Gasteiger partial charge in [0, 0.05) is 31.2 Å². The van der Waals surface area contributed by atoms with Crippen LogP contribution in [0.5, 0.6) is 0 Å². The zero-order valence-corrected chi connectivity index (χ0v) is 10.6. The lowest BCUT2D eigenvalue weighted by Crippen LogP contribution is -2.37. The monoisotopic (exact) mass is 244 g/mol. The van der Waals surface area contributed by atoms with Gasteiger partial charge in [-0.3, -0.25) is 4.79 Å². The average molecular weight is 244 g/mol. The molecule has 0 radical (unpaired) electrons. The van der Waals surface area contributed by atoms with Crippen molar-refractivity contribution in [3.63, 3.8) is 0 Å². The van der Waals surface area contributed by atoms with Crippen molar-refractivity contribution in [1.82, 2.24) is 10.2 Å². The first kappa shape index (κ1) is 12.7.